The van der Waals surface area contributed by atoms with E-state index >= 15 is 0 Å². The smallest absolute Gasteiger partial charge is 0.331 e. The van der Waals surface area contributed by atoms with Gasteiger partial charge in [0, 0.05) is 29.2 Å². The Morgan fingerprint density at radius 1 is 0.914 bits per heavy atom. The molecule has 0 radical (unpaired) electrons. The predicted octanol–water partition coefficient (Wildman–Crippen LogP) is 5.19. The Labute approximate surface area is 202 Å². The van der Waals surface area contributed by atoms with E-state index in [1.807, 2.05) is 79.0 Å². The van der Waals surface area contributed by atoms with Crippen molar-refractivity contribution >= 4 is 10.9 Å². The normalized spacial score (nSPS) is 11.0. The second kappa shape index (κ2) is 9.75. The number of imidazole rings is 1. The zero-order chi connectivity index (χ0) is 24.2. The van der Waals surface area contributed by atoms with Gasteiger partial charge in [0.15, 0.2) is 0 Å². The third-order valence-electron chi connectivity index (χ3n) is 5.98. The summed E-state index contributed by atoms with van der Waals surface area (Å²) < 4.78 is 9.61. The number of hydrogen-bond donors (Lipinski definition) is 2. The molecule has 0 fully saturated rings. The molecule has 0 unspecified atom stereocenters. The summed E-state index contributed by atoms with van der Waals surface area (Å²) in [6, 6.07) is 27.0. The summed E-state index contributed by atoms with van der Waals surface area (Å²) in [6.07, 6.45) is 3.90. The van der Waals surface area contributed by atoms with Crippen LogP contribution in [0.5, 0.6) is 11.5 Å². The van der Waals surface area contributed by atoms with Gasteiger partial charge < -0.3 is 15.0 Å². The number of fused-ring (bicyclic) bond motifs is 1. The van der Waals surface area contributed by atoms with E-state index in [1.165, 1.54) is 0 Å². The molecular weight excluding hydrogens is 438 g/mol. The first kappa shape index (κ1) is 22.3. The highest BCUT2D eigenvalue weighted by molar-refractivity contribution is 5.96. The third-order valence-corrected chi connectivity index (χ3v) is 5.98. The number of ether oxygens (including phenoxy) is 1. The lowest BCUT2D eigenvalue weighted by Crippen LogP contribution is -2.15. The Balaban J connectivity index is 1.59. The highest BCUT2D eigenvalue weighted by Crippen LogP contribution is 2.34. The van der Waals surface area contributed by atoms with E-state index in [0.29, 0.717) is 23.7 Å². The van der Waals surface area contributed by atoms with Crippen molar-refractivity contribution in [3.8, 4) is 34.5 Å². The molecule has 0 amide bonds. The fraction of sp³-hybridized carbons (Fsp3) is 0.143. The summed E-state index contributed by atoms with van der Waals surface area (Å²) in [4.78, 5) is 15.8. The van der Waals surface area contributed by atoms with Crippen LogP contribution in [0.1, 0.15) is 18.5 Å². The maximum absolute atomic E-state index is 13.0. The molecule has 0 aliphatic heterocycles. The van der Waals surface area contributed by atoms with Crippen LogP contribution in [0.3, 0.4) is 0 Å². The Bertz CT molecular complexity index is 1550. The second-order valence-corrected chi connectivity index (χ2v) is 8.26. The highest BCUT2D eigenvalue weighted by atomic mass is 16.5. The summed E-state index contributed by atoms with van der Waals surface area (Å²) in [5.41, 5.74) is 8.61. The molecule has 35 heavy (non-hydrogen) atoms. The molecule has 3 aromatic carbocycles. The van der Waals surface area contributed by atoms with Gasteiger partial charge in [0.2, 0.25) is 0 Å². The number of unbranched alkanes of at least 4 members (excludes halogenated alkanes) is 1. The zero-order valence-corrected chi connectivity index (χ0v) is 19.1. The maximum Gasteiger partial charge on any atom is 0.331 e. The molecule has 0 saturated heterocycles. The van der Waals surface area contributed by atoms with Crippen molar-refractivity contribution in [1.29, 1.82) is 5.26 Å². The molecule has 0 atom stereocenters. The van der Waals surface area contributed by atoms with Crippen molar-refractivity contribution in [1.82, 2.24) is 14.1 Å². The lowest BCUT2D eigenvalue weighted by Gasteiger charge is -2.10. The molecule has 0 spiro atoms. The third kappa shape index (κ3) is 4.35. The molecule has 3 N–H and O–H groups in total. The number of rotatable bonds is 8. The van der Waals surface area contributed by atoms with Crippen LogP contribution in [0.4, 0.5) is 0 Å². The summed E-state index contributed by atoms with van der Waals surface area (Å²) >= 11 is 0. The largest absolute Gasteiger partial charge is 0.457 e. The van der Waals surface area contributed by atoms with Crippen molar-refractivity contribution in [2.45, 2.75) is 19.4 Å². The predicted molar refractivity (Wildman–Crippen MR) is 137 cm³/mol. The lowest BCUT2D eigenvalue weighted by molar-refractivity contribution is 0.482. The summed E-state index contributed by atoms with van der Waals surface area (Å²) in [7, 11) is 0. The molecule has 7 nitrogen and oxygen atoms in total. The molecule has 0 bridgehead atoms. The van der Waals surface area contributed by atoms with Crippen molar-refractivity contribution in [2.24, 2.45) is 5.73 Å². The van der Waals surface area contributed by atoms with Gasteiger partial charge in [-0.1, -0.05) is 36.4 Å². The van der Waals surface area contributed by atoms with Gasteiger partial charge in [-0.3, -0.25) is 9.55 Å². The van der Waals surface area contributed by atoms with E-state index in [9.17, 15) is 10.1 Å². The monoisotopic (exact) mass is 463 g/mol. The van der Waals surface area contributed by atoms with Crippen LogP contribution in [0.2, 0.25) is 0 Å². The van der Waals surface area contributed by atoms with Crippen molar-refractivity contribution in [3.63, 3.8) is 0 Å². The zero-order valence-electron chi connectivity index (χ0n) is 19.1. The van der Waals surface area contributed by atoms with Gasteiger partial charge in [0.1, 0.15) is 23.3 Å². The minimum Gasteiger partial charge on any atom is -0.457 e. The number of aromatic amines is 1. The minimum absolute atomic E-state index is 0.226. The van der Waals surface area contributed by atoms with Crippen LogP contribution in [0.15, 0.2) is 89.9 Å². The van der Waals surface area contributed by atoms with E-state index in [1.54, 1.807) is 4.57 Å². The summed E-state index contributed by atoms with van der Waals surface area (Å²) in [6.45, 7) is 1.45. The average Bonchev–Trinajstić information content (AvgIpc) is 3.42. The molecule has 0 aliphatic carbocycles. The van der Waals surface area contributed by atoms with Crippen molar-refractivity contribution in [2.75, 3.05) is 6.54 Å². The number of nitriles is 1. The first-order chi connectivity index (χ1) is 17.2. The number of benzene rings is 3. The Morgan fingerprint density at radius 3 is 2.37 bits per heavy atom. The molecule has 2 aromatic heterocycles. The topological polar surface area (TPSA) is 102 Å². The van der Waals surface area contributed by atoms with Gasteiger partial charge in [0.05, 0.1) is 11.4 Å². The number of nitrogens with one attached hydrogen (secondary N) is 1. The number of para-hydroxylation sites is 2. The second-order valence-electron chi connectivity index (χ2n) is 8.26. The highest BCUT2D eigenvalue weighted by Gasteiger charge is 2.21. The van der Waals surface area contributed by atoms with Gasteiger partial charge in [-0.25, -0.2) is 4.79 Å². The van der Waals surface area contributed by atoms with Crippen molar-refractivity contribution < 1.29 is 4.74 Å². The first-order valence-corrected chi connectivity index (χ1v) is 11.6. The quantitative estimate of drug-likeness (QED) is 0.309. The minimum atomic E-state index is -0.367. The van der Waals surface area contributed by atoms with Gasteiger partial charge in [0.25, 0.3) is 0 Å². The fourth-order valence-corrected chi connectivity index (χ4v) is 4.35. The molecule has 5 aromatic rings. The maximum atomic E-state index is 13.0. The number of aromatic nitrogens is 3. The molecule has 7 heteroatoms. The first-order valence-electron chi connectivity index (χ1n) is 11.6. The van der Waals surface area contributed by atoms with E-state index in [4.69, 9.17) is 10.5 Å². The summed E-state index contributed by atoms with van der Waals surface area (Å²) in [5, 5.41) is 10.8. The Morgan fingerprint density at radius 2 is 1.63 bits per heavy atom. The molecule has 0 saturated carbocycles. The van der Waals surface area contributed by atoms with Crippen LogP contribution in [0.25, 0.3) is 27.8 Å². The number of hydrogen-bond acceptors (Lipinski definition) is 4. The number of nitrogens with two attached hydrogens (primary N) is 1. The SMILES string of the molecule is N#Cc1[nH]c(=O)n(-c2ccc(Oc3ccccc3)cc2)c1-c1cn(CCCCN)c2ccccc12. The molecule has 5 rings (SSSR count). The van der Waals surface area contributed by atoms with Crippen LogP contribution in [-0.4, -0.2) is 20.7 Å². The van der Waals surface area contributed by atoms with Crippen LogP contribution in [-0.2, 0) is 6.54 Å². The number of H-pyrrole nitrogens is 1. The number of aryl methyl sites for hydroxylation is 1. The van der Waals surface area contributed by atoms with Gasteiger partial charge >= 0.3 is 5.69 Å². The standard InChI is InChI=1S/C28H25N5O2/c29-16-6-7-17-32-19-24(23-10-4-5-11-26(23)32)27-25(18-30)31-28(34)33(27)20-12-14-22(15-13-20)35-21-8-2-1-3-9-21/h1-5,8-15,19H,6-7,16-17,29H2,(H,31,34). The molecule has 0 aliphatic rings. The number of nitrogens with zero attached hydrogens (tertiary/aromatic N) is 3. The van der Waals surface area contributed by atoms with Crippen molar-refractivity contribution in [3.05, 3.63) is 101 Å². The van der Waals surface area contributed by atoms with Gasteiger partial charge in [-0.15, -0.1) is 0 Å². The fourth-order valence-electron chi connectivity index (χ4n) is 4.35. The van der Waals surface area contributed by atoms with E-state index < -0.39 is 0 Å². The molecule has 2 heterocycles. The van der Waals surface area contributed by atoms with Gasteiger partial charge in [-0.2, -0.15) is 5.26 Å². The van der Waals surface area contributed by atoms with Crippen LogP contribution < -0.4 is 16.2 Å². The van der Waals surface area contributed by atoms with E-state index in [-0.39, 0.29) is 11.4 Å². The van der Waals surface area contributed by atoms with Gasteiger partial charge in [-0.05, 0) is 61.9 Å². The average molecular weight is 464 g/mol. The molecular formula is C28H25N5O2. The van der Waals surface area contributed by atoms with E-state index in [2.05, 4.69) is 21.7 Å². The van der Waals surface area contributed by atoms with Crippen LogP contribution >= 0.6 is 0 Å². The summed E-state index contributed by atoms with van der Waals surface area (Å²) in [5.74, 6) is 1.39. The van der Waals surface area contributed by atoms with Crippen LogP contribution in [0, 0.1) is 11.3 Å². The van der Waals surface area contributed by atoms with E-state index in [0.717, 1.165) is 41.6 Å². The Kier molecular flexibility index (Phi) is 6.20. The Hall–Kier alpha value is -4.54. The lowest BCUT2D eigenvalue weighted by atomic mass is 10.1. The molecule has 174 valence electrons.